The topological polar surface area (TPSA) is 47.9 Å². The van der Waals surface area contributed by atoms with Crippen LogP contribution in [0.15, 0.2) is 24.3 Å². The predicted octanol–water partition coefficient (Wildman–Crippen LogP) is 2.11. The van der Waals surface area contributed by atoms with Crippen LogP contribution in [0.3, 0.4) is 0 Å². The highest BCUT2D eigenvalue weighted by molar-refractivity contribution is 5.56. The van der Waals surface area contributed by atoms with E-state index in [9.17, 15) is 0 Å². The summed E-state index contributed by atoms with van der Waals surface area (Å²) >= 11 is 0. The van der Waals surface area contributed by atoms with Gasteiger partial charge in [0.05, 0.1) is 11.3 Å². The lowest BCUT2D eigenvalue weighted by Gasteiger charge is -2.08. The van der Waals surface area contributed by atoms with Crippen LogP contribution in [-0.4, -0.2) is 19.1 Å². The van der Waals surface area contributed by atoms with Crippen molar-refractivity contribution in [2.75, 3.05) is 18.4 Å². The SMILES string of the molecule is N#Cc1ccccc1NCCCNC1CC1. The number of nitrogens with one attached hydrogen (secondary N) is 2. The normalized spacial score (nSPS) is 14.4. The molecule has 0 atom stereocenters. The van der Waals surface area contributed by atoms with Gasteiger partial charge in [0.2, 0.25) is 0 Å². The van der Waals surface area contributed by atoms with Crippen molar-refractivity contribution < 1.29 is 0 Å². The maximum Gasteiger partial charge on any atom is 0.101 e. The zero-order chi connectivity index (χ0) is 11.2. The van der Waals surface area contributed by atoms with Gasteiger partial charge in [0.15, 0.2) is 0 Å². The summed E-state index contributed by atoms with van der Waals surface area (Å²) < 4.78 is 0. The fourth-order valence-corrected chi connectivity index (χ4v) is 1.64. The number of nitriles is 1. The van der Waals surface area contributed by atoms with Gasteiger partial charge in [-0.25, -0.2) is 0 Å². The van der Waals surface area contributed by atoms with E-state index >= 15 is 0 Å². The van der Waals surface area contributed by atoms with Crippen molar-refractivity contribution >= 4 is 5.69 Å². The summed E-state index contributed by atoms with van der Waals surface area (Å²) in [6.07, 6.45) is 3.77. The minimum Gasteiger partial charge on any atom is -0.384 e. The van der Waals surface area contributed by atoms with Gasteiger partial charge in [-0.2, -0.15) is 5.26 Å². The van der Waals surface area contributed by atoms with Crippen LogP contribution in [0.4, 0.5) is 5.69 Å². The molecule has 16 heavy (non-hydrogen) atoms. The lowest BCUT2D eigenvalue weighted by atomic mass is 10.2. The summed E-state index contributed by atoms with van der Waals surface area (Å²) in [6.45, 7) is 1.98. The van der Waals surface area contributed by atoms with E-state index < -0.39 is 0 Å². The molecular formula is C13H17N3. The number of hydrogen-bond acceptors (Lipinski definition) is 3. The molecule has 2 rings (SSSR count). The first-order valence-corrected chi connectivity index (χ1v) is 5.86. The molecular weight excluding hydrogens is 198 g/mol. The second kappa shape index (κ2) is 5.53. The molecule has 1 aromatic carbocycles. The first-order chi connectivity index (χ1) is 7.90. The zero-order valence-electron chi connectivity index (χ0n) is 9.37. The fraction of sp³-hybridized carbons (Fsp3) is 0.462. The van der Waals surface area contributed by atoms with Crippen LogP contribution in [-0.2, 0) is 0 Å². The Labute approximate surface area is 96.5 Å². The molecule has 0 heterocycles. The highest BCUT2D eigenvalue weighted by atomic mass is 15.0. The molecule has 0 spiro atoms. The van der Waals surface area contributed by atoms with E-state index in [2.05, 4.69) is 16.7 Å². The molecule has 0 bridgehead atoms. The average molecular weight is 215 g/mol. The van der Waals surface area contributed by atoms with E-state index in [1.54, 1.807) is 0 Å². The number of para-hydroxylation sites is 1. The summed E-state index contributed by atoms with van der Waals surface area (Å²) in [4.78, 5) is 0. The van der Waals surface area contributed by atoms with E-state index in [0.29, 0.717) is 0 Å². The lowest BCUT2D eigenvalue weighted by molar-refractivity contribution is 0.659. The number of benzene rings is 1. The van der Waals surface area contributed by atoms with Gasteiger partial charge in [-0.1, -0.05) is 12.1 Å². The first-order valence-electron chi connectivity index (χ1n) is 5.86. The number of hydrogen-bond donors (Lipinski definition) is 2. The molecule has 1 aliphatic carbocycles. The van der Waals surface area contributed by atoms with Gasteiger partial charge in [-0.15, -0.1) is 0 Å². The smallest absolute Gasteiger partial charge is 0.101 e. The molecule has 0 aliphatic heterocycles. The maximum absolute atomic E-state index is 8.90. The Morgan fingerprint density at radius 2 is 2.06 bits per heavy atom. The van der Waals surface area contributed by atoms with Crippen molar-refractivity contribution in [2.45, 2.75) is 25.3 Å². The molecule has 0 unspecified atom stereocenters. The molecule has 0 radical (unpaired) electrons. The molecule has 1 saturated carbocycles. The Morgan fingerprint density at radius 1 is 1.25 bits per heavy atom. The molecule has 84 valence electrons. The van der Waals surface area contributed by atoms with Crippen molar-refractivity contribution in [3.8, 4) is 6.07 Å². The van der Waals surface area contributed by atoms with Gasteiger partial charge in [0.25, 0.3) is 0 Å². The molecule has 2 N–H and O–H groups in total. The van der Waals surface area contributed by atoms with Crippen LogP contribution < -0.4 is 10.6 Å². The molecule has 3 nitrogen and oxygen atoms in total. The Morgan fingerprint density at radius 3 is 2.81 bits per heavy atom. The minimum atomic E-state index is 0.720. The second-order valence-corrected chi connectivity index (χ2v) is 4.17. The average Bonchev–Trinajstić information content (AvgIpc) is 3.13. The van der Waals surface area contributed by atoms with Gasteiger partial charge in [0.1, 0.15) is 6.07 Å². The summed E-state index contributed by atoms with van der Waals surface area (Å²) in [5, 5.41) is 15.7. The van der Waals surface area contributed by atoms with Gasteiger partial charge < -0.3 is 10.6 Å². The lowest BCUT2D eigenvalue weighted by Crippen LogP contribution is -2.20. The molecule has 0 saturated heterocycles. The van der Waals surface area contributed by atoms with E-state index in [-0.39, 0.29) is 0 Å². The number of anilines is 1. The summed E-state index contributed by atoms with van der Waals surface area (Å²) in [7, 11) is 0. The largest absolute Gasteiger partial charge is 0.384 e. The van der Waals surface area contributed by atoms with Crippen molar-refractivity contribution in [2.24, 2.45) is 0 Å². The monoisotopic (exact) mass is 215 g/mol. The molecule has 1 aromatic rings. The molecule has 0 aromatic heterocycles. The Kier molecular flexibility index (Phi) is 3.79. The van der Waals surface area contributed by atoms with Gasteiger partial charge >= 0.3 is 0 Å². The quantitative estimate of drug-likeness (QED) is 0.714. The molecule has 1 aliphatic rings. The van der Waals surface area contributed by atoms with Crippen molar-refractivity contribution in [1.29, 1.82) is 5.26 Å². The highest BCUT2D eigenvalue weighted by Crippen LogP contribution is 2.18. The number of nitrogens with zero attached hydrogens (tertiary/aromatic N) is 1. The number of rotatable bonds is 6. The summed E-state index contributed by atoms with van der Waals surface area (Å²) in [6, 6.07) is 10.6. The van der Waals surface area contributed by atoms with Crippen LogP contribution in [0.2, 0.25) is 0 Å². The third-order valence-corrected chi connectivity index (χ3v) is 2.73. The predicted molar refractivity (Wildman–Crippen MR) is 65.3 cm³/mol. The van der Waals surface area contributed by atoms with Crippen molar-refractivity contribution in [1.82, 2.24) is 5.32 Å². The molecule has 3 heteroatoms. The standard InChI is InChI=1S/C13H17N3/c14-10-11-4-1-2-5-13(11)16-9-3-8-15-12-6-7-12/h1-2,4-5,12,15-16H,3,6-9H2. The van der Waals surface area contributed by atoms with E-state index in [0.717, 1.165) is 36.8 Å². The molecule has 1 fully saturated rings. The Bertz CT molecular complexity index is 377. The third kappa shape index (κ3) is 3.25. The summed E-state index contributed by atoms with van der Waals surface area (Å²) in [5.74, 6) is 0. The van der Waals surface area contributed by atoms with Crippen LogP contribution in [0.1, 0.15) is 24.8 Å². The minimum absolute atomic E-state index is 0.720. The van der Waals surface area contributed by atoms with E-state index in [4.69, 9.17) is 5.26 Å². The van der Waals surface area contributed by atoms with Crippen LogP contribution >= 0.6 is 0 Å². The highest BCUT2D eigenvalue weighted by Gasteiger charge is 2.19. The second-order valence-electron chi connectivity index (χ2n) is 4.17. The zero-order valence-corrected chi connectivity index (χ0v) is 9.37. The van der Waals surface area contributed by atoms with Crippen molar-refractivity contribution in [3.63, 3.8) is 0 Å². The third-order valence-electron chi connectivity index (χ3n) is 2.73. The van der Waals surface area contributed by atoms with Crippen LogP contribution in [0.25, 0.3) is 0 Å². The molecule has 0 amide bonds. The van der Waals surface area contributed by atoms with E-state index in [1.165, 1.54) is 12.8 Å². The van der Waals surface area contributed by atoms with Gasteiger partial charge in [-0.3, -0.25) is 0 Å². The van der Waals surface area contributed by atoms with Crippen molar-refractivity contribution in [3.05, 3.63) is 29.8 Å². The first kappa shape index (κ1) is 11.0. The summed E-state index contributed by atoms with van der Waals surface area (Å²) in [5.41, 5.74) is 1.66. The van der Waals surface area contributed by atoms with Crippen LogP contribution in [0, 0.1) is 11.3 Å². The maximum atomic E-state index is 8.90. The van der Waals surface area contributed by atoms with Gasteiger partial charge in [-0.05, 0) is 37.9 Å². The van der Waals surface area contributed by atoms with E-state index in [1.807, 2.05) is 24.3 Å². The fourth-order valence-electron chi connectivity index (χ4n) is 1.64. The Balaban J connectivity index is 1.69. The van der Waals surface area contributed by atoms with Crippen LogP contribution in [0.5, 0.6) is 0 Å². The van der Waals surface area contributed by atoms with Gasteiger partial charge in [0, 0.05) is 12.6 Å². The Hall–Kier alpha value is -1.53.